The lowest BCUT2D eigenvalue weighted by molar-refractivity contribution is -0.0500. The van der Waals surface area contributed by atoms with Gasteiger partial charge in [-0.05, 0) is 29.0 Å². The van der Waals surface area contributed by atoms with Gasteiger partial charge in [0.05, 0.1) is 5.56 Å². The van der Waals surface area contributed by atoms with Crippen molar-refractivity contribution < 1.29 is 35.7 Å². The van der Waals surface area contributed by atoms with Crippen molar-refractivity contribution in [1.82, 2.24) is 0 Å². The summed E-state index contributed by atoms with van der Waals surface area (Å²) in [7, 11) is -5.80. The largest absolute Gasteiger partial charge is 0.534 e. The Morgan fingerprint density at radius 2 is 1.76 bits per heavy atom. The van der Waals surface area contributed by atoms with E-state index in [1.165, 1.54) is 18.2 Å². The maximum atomic E-state index is 12.2. The number of fused-ring (bicyclic) bond motifs is 1. The molecule has 0 bridgehead atoms. The zero-order valence-corrected chi connectivity index (χ0v) is 10.9. The Hall–Kier alpha value is -2.29. The fraction of sp³-hybridized carbons (Fsp3) is 0.0833. The van der Waals surface area contributed by atoms with E-state index in [0.717, 1.165) is 12.1 Å². The highest BCUT2D eigenvalue weighted by Gasteiger charge is 2.48. The van der Waals surface area contributed by atoms with Gasteiger partial charge in [0.1, 0.15) is 11.5 Å². The van der Waals surface area contributed by atoms with Crippen LogP contribution in [0.15, 0.2) is 30.3 Å². The van der Waals surface area contributed by atoms with Gasteiger partial charge in [-0.25, -0.2) is 0 Å². The van der Waals surface area contributed by atoms with Gasteiger partial charge in [0, 0.05) is 0 Å². The Morgan fingerprint density at radius 3 is 2.33 bits per heavy atom. The quantitative estimate of drug-likeness (QED) is 0.534. The fourth-order valence-electron chi connectivity index (χ4n) is 1.66. The van der Waals surface area contributed by atoms with Gasteiger partial charge in [-0.15, -0.1) is 0 Å². The molecule has 0 aliphatic heterocycles. The summed E-state index contributed by atoms with van der Waals surface area (Å²) in [5, 5.41) is 9.98. The van der Waals surface area contributed by atoms with E-state index in [1.54, 1.807) is 0 Å². The van der Waals surface area contributed by atoms with Crippen molar-refractivity contribution >= 4 is 27.2 Å². The van der Waals surface area contributed by atoms with E-state index in [1.807, 2.05) is 0 Å². The number of alkyl halides is 3. The van der Waals surface area contributed by atoms with E-state index in [-0.39, 0.29) is 16.7 Å². The number of rotatable bonds is 3. The van der Waals surface area contributed by atoms with Gasteiger partial charge in [-0.2, -0.15) is 21.6 Å². The van der Waals surface area contributed by atoms with E-state index < -0.39 is 21.4 Å². The molecule has 0 spiro atoms. The maximum Gasteiger partial charge on any atom is 0.534 e. The third kappa shape index (κ3) is 2.77. The second-order valence-corrected chi connectivity index (χ2v) is 5.52. The highest BCUT2D eigenvalue weighted by atomic mass is 32.2. The van der Waals surface area contributed by atoms with Gasteiger partial charge >= 0.3 is 15.6 Å². The molecule has 0 radical (unpaired) electrons. The van der Waals surface area contributed by atoms with Crippen LogP contribution in [0.2, 0.25) is 0 Å². The summed E-state index contributed by atoms with van der Waals surface area (Å²) in [5.74, 6) is -0.998. The van der Waals surface area contributed by atoms with Crippen LogP contribution in [0.5, 0.6) is 11.5 Å². The molecule has 112 valence electrons. The topological polar surface area (TPSA) is 80.7 Å². The van der Waals surface area contributed by atoms with Crippen molar-refractivity contribution in [3.05, 3.63) is 35.9 Å². The minimum absolute atomic E-state index is 0.0693. The van der Waals surface area contributed by atoms with E-state index >= 15 is 0 Å². The predicted molar refractivity (Wildman–Crippen MR) is 66.6 cm³/mol. The van der Waals surface area contributed by atoms with E-state index in [2.05, 4.69) is 4.18 Å². The molecule has 5 nitrogen and oxygen atoms in total. The molecule has 0 aromatic heterocycles. The molecule has 0 fully saturated rings. The summed E-state index contributed by atoms with van der Waals surface area (Å²) >= 11 is 0. The van der Waals surface area contributed by atoms with Crippen LogP contribution < -0.4 is 4.18 Å². The standard InChI is InChI=1S/C12H7F3O5S/c13-12(14,15)21(18,19)20-8-3-1-7-2-4-11(17)10(6-16)9(7)5-8/h1-6,17H. The molecule has 21 heavy (non-hydrogen) atoms. The number of halogens is 3. The summed E-state index contributed by atoms with van der Waals surface area (Å²) in [6, 6.07) is 5.86. The average molecular weight is 320 g/mol. The number of phenols is 1. The van der Waals surface area contributed by atoms with Crippen LogP contribution in [0.1, 0.15) is 10.4 Å². The average Bonchev–Trinajstić information content (AvgIpc) is 2.36. The molecule has 1 N–H and O–H groups in total. The number of hydrogen-bond acceptors (Lipinski definition) is 5. The number of hydrogen-bond donors (Lipinski definition) is 1. The number of benzene rings is 2. The van der Waals surface area contributed by atoms with Crippen LogP contribution in [0.4, 0.5) is 13.2 Å². The summed E-state index contributed by atoms with van der Waals surface area (Å²) < 4.78 is 62.5. The number of phenolic OH excluding ortho intramolecular Hbond substituents is 1. The van der Waals surface area contributed by atoms with Crippen molar-refractivity contribution in [3.8, 4) is 11.5 Å². The van der Waals surface area contributed by atoms with Crippen molar-refractivity contribution in [3.63, 3.8) is 0 Å². The molecule has 0 amide bonds. The Labute approximate surface area is 116 Å². The van der Waals surface area contributed by atoms with Crippen molar-refractivity contribution in [1.29, 1.82) is 0 Å². The highest BCUT2D eigenvalue weighted by molar-refractivity contribution is 7.88. The Kier molecular flexibility index (Phi) is 3.54. The first-order chi connectivity index (χ1) is 9.65. The second kappa shape index (κ2) is 4.92. The zero-order chi connectivity index (χ0) is 15.8. The fourth-order valence-corrected chi connectivity index (χ4v) is 2.11. The molecule has 2 aromatic rings. The molecule has 2 rings (SSSR count). The number of carbonyl (C=O) groups is 1. The minimum atomic E-state index is -5.80. The lowest BCUT2D eigenvalue weighted by Gasteiger charge is -2.10. The molecule has 0 unspecified atom stereocenters. The van der Waals surface area contributed by atoms with Crippen molar-refractivity contribution in [2.24, 2.45) is 0 Å². The minimum Gasteiger partial charge on any atom is -0.507 e. The first-order valence-electron chi connectivity index (χ1n) is 5.37. The van der Waals surface area contributed by atoms with Crippen LogP contribution in [0, 0.1) is 0 Å². The van der Waals surface area contributed by atoms with Crippen LogP contribution in [0.3, 0.4) is 0 Å². The summed E-state index contributed by atoms with van der Waals surface area (Å²) in [4.78, 5) is 10.9. The molecule has 0 aliphatic carbocycles. The summed E-state index contributed by atoms with van der Waals surface area (Å²) in [6.45, 7) is 0. The Balaban J connectivity index is 2.56. The molecule has 9 heteroatoms. The monoisotopic (exact) mass is 320 g/mol. The lowest BCUT2D eigenvalue weighted by Crippen LogP contribution is -2.28. The van der Waals surface area contributed by atoms with Crippen LogP contribution >= 0.6 is 0 Å². The molecule has 0 heterocycles. The number of carbonyl (C=O) groups excluding carboxylic acids is 1. The second-order valence-electron chi connectivity index (χ2n) is 3.98. The van der Waals surface area contributed by atoms with Gasteiger partial charge < -0.3 is 9.29 Å². The third-order valence-corrected chi connectivity index (χ3v) is 3.60. The molecular weight excluding hydrogens is 313 g/mol. The summed E-state index contributed by atoms with van der Waals surface area (Å²) in [5.41, 5.74) is -5.74. The highest BCUT2D eigenvalue weighted by Crippen LogP contribution is 2.31. The van der Waals surface area contributed by atoms with Gasteiger partial charge in [0.2, 0.25) is 0 Å². The van der Waals surface area contributed by atoms with E-state index in [4.69, 9.17) is 0 Å². The first kappa shape index (κ1) is 15.1. The van der Waals surface area contributed by atoms with Gasteiger partial charge in [0.15, 0.2) is 6.29 Å². The smallest absolute Gasteiger partial charge is 0.507 e. The SMILES string of the molecule is O=Cc1c(O)ccc2ccc(OS(=O)(=O)C(F)(F)F)cc12. The number of aromatic hydroxyl groups is 1. The van der Waals surface area contributed by atoms with Crippen LogP contribution in [-0.4, -0.2) is 25.3 Å². The lowest BCUT2D eigenvalue weighted by atomic mass is 10.0. The third-order valence-electron chi connectivity index (χ3n) is 2.62. The van der Waals surface area contributed by atoms with Crippen LogP contribution in [-0.2, 0) is 10.1 Å². The van der Waals surface area contributed by atoms with Crippen LogP contribution in [0.25, 0.3) is 10.8 Å². The van der Waals surface area contributed by atoms with Crippen molar-refractivity contribution in [2.45, 2.75) is 5.51 Å². The zero-order valence-electron chi connectivity index (χ0n) is 10.1. The van der Waals surface area contributed by atoms with E-state index in [0.29, 0.717) is 11.7 Å². The van der Waals surface area contributed by atoms with Gasteiger partial charge in [-0.1, -0.05) is 12.1 Å². The van der Waals surface area contributed by atoms with Gasteiger partial charge in [-0.3, -0.25) is 4.79 Å². The van der Waals surface area contributed by atoms with Crippen molar-refractivity contribution in [2.75, 3.05) is 0 Å². The molecule has 2 aromatic carbocycles. The molecular formula is C12H7F3O5S. The number of aldehydes is 1. The molecule has 0 aliphatic rings. The predicted octanol–water partition coefficient (Wildman–Crippen LogP) is 2.59. The Bertz CT molecular complexity index is 811. The van der Waals surface area contributed by atoms with E-state index in [9.17, 15) is 31.5 Å². The normalized spacial score (nSPS) is 12.3. The maximum absolute atomic E-state index is 12.2. The molecule has 0 atom stereocenters. The van der Waals surface area contributed by atoms with Gasteiger partial charge in [0.25, 0.3) is 0 Å². The summed E-state index contributed by atoms with van der Waals surface area (Å²) in [6.07, 6.45) is 0.305. The molecule has 0 saturated heterocycles. The molecule has 0 saturated carbocycles. The Morgan fingerprint density at radius 1 is 1.14 bits per heavy atom. The first-order valence-corrected chi connectivity index (χ1v) is 6.78.